The van der Waals surface area contributed by atoms with Crippen LogP contribution < -0.4 is 5.32 Å². The zero-order chi connectivity index (χ0) is 13.5. The molecule has 96 valence electrons. The molecular weight excluding hydrogens is 260 g/mol. The summed E-state index contributed by atoms with van der Waals surface area (Å²) in [7, 11) is 0. The van der Waals surface area contributed by atoms with Gasteiger partial charge in [0.05, 0.1) is 0 Å². The molecule has 1 aromatic carbocycles. The van der Waals surface area contributed by atoms with E-state index < -0.39 is 0 Å². The maximum absolute atomic E-state index is 11.6. The third-order valence-electron chi connectivity index (χ3n) is 2.52. The zero-order valence-corrected chi connectivity index (χ0v) is 11.0. The highest BCUT2D eigenvalue weighted by molar-refractivity contribution is 6.31. The van der Waals surface area contributed by atoms with Gasteiger partial charge in [-0.25, -0.2) is 0 Å². The minimum absolute atomic E-state index is 0.163. The van der Waals surface area contributed by atoms with Crippen molar-refractivity contribution in [2.24, 2.45) is 0 Å². The smallest absolute Gasteiger partial charge is 0.244 e. The van der Waals surface area contributed by atoms with Gasteiger partial charge in [0, 0.05) is 30.0 Å². The number of pyridine rings is 1. The predicted octanol–water partition coefficient (Wildman–Crippen LogP) is 3.06. The first-order valence-corrected chi connectivity index (χ1v) is 6.23. The highest BCUT2D eigenvalue weighted by atomic mass is 35.5. The summed E-state index contributed by atoms with van der Waals surface area (Å²) in [5, 5.41) is 3.43. The van der Waals surface area contributed by atoms with E-state index in [1.807, 2.05) is 30.3 Å². The number of amides is 1. The molecule has 1 heterocycles. The van der Waals surface area contributed by atoms with Gasteiger partial charge in [-0.2, -0.15) is 0 Å². The van der Waals surface area contributed by atoms with Crippen molar-refractivity contribution in [2.75, 3.05) is 0 Å². The quantitative estimate of drug-likeness (QED) is 0.869. The lowest BCUT2D eigenvalue weighted by molar-refractivity contribution is -0.116. The Labute approximate surface area is 116 Å². The molecule has 0 aliphatic carbocycles. The van der Waals surface area contributed by atoms with Crippen LogP contribution in [-0.2, 0) is 11.3 Å². The van der Waals surface area contributed by atoms with E-state index in [1.54, 1.807) is 24.5 Å². The molecule has 0 unspecified atom stereocenters. The van der Waals surface area contributed by atoms with Crippen molar-refractivity contribution in [3.8, 4) is 0 Å². The summed E-state index contributed by atoms with van der Waals surface area (Å²) < 4.78 is 0. The van der Waals surface area contributed by atoms with Crippen LogP contribution in [0.1, 0.15) is 11.1 Å². The Bertz CT molecular complexity index is 582. The first kappa shape index (κ1) is 13.3. The van der Waals surface area contributed by atoms with Crippen LogP contribution >= 0.6 is 11.6 Å². The molecule has 0 saturated heterocycles. The number of carbonyl (C=O) groups excluding carboxylic acids is 1. The molecule has 1 aromatic heterocycles. The van der Waals surface area contributed by atoms with Gasteiger partial charge >= 0.3 is 0 Å². The lowest BCUT2D eigenvalue weighted by atomic mass is 10.2. The number of halogens is 1. The van der Waals surface area contributed by atoms with Crippen LogP contribution in [0.25, 0.3) is 6.08 Å². The van der Waals surface area contributed by atoms with Gasteiger partial charge < -0.3 is 5.32 Å². The summed E-state index contributed by atoms with van der Waals surface area (Å²) in [4.78, 5) is 15.6. The Morgan fingerprint density at radius 3 is 2.84 bits per heavy atom. The summed E-state index contributed by atoms with van der Waals surface area (Å²) in [6.45, 7) is 0.413. The fraction of sp³-hybridized carbons (Fsp3) is 0.0667. The minimum atomic E-state index is -0.163. The molecule has 0 radical (unpaired) electrons. The lowest BCUT2D eigenvalue weighted by Gasteiger charge is -2.04. The standard InChI is InChI=1S/C15H13ClN2O/c16-14-6-2-1-5-13(14)11-18-15(19)8-7-12-4-3-9-17-10-12/h1-10H,11H2,(H,18,19)/b8-7+. The van der Waals surface area contributed by atoms with Crippen molar-refractivity contribution in [2.45, 2.75) is 6.54 Å². The van der Waals surface area contributed by atoms with Crippen LogP contribution in [0.3, 0.4) is 0 Å². The Morgan fingerprint density at radius 1 is 1.26 bits per heavy atom. The van der Waals surface area contributed by atoms with Gasteiger partial charge in [0.25, 0.3) is 0 Å². The van der Waals surface area contributed by atoms with E-state index in [1.165, 1.54) is 6.08 Å². The molecule has 0 spiro atoms. The number of benzene rings is 1. The maximum Gasteiger partial charge on any atom is 0.244 e. The van der Waals surface area contributed by atoms with E-state index in [9.17, 15) is 4.79 Å². The molecule has 3 nitrogen and oxygen atoms in total. The summed E-state index contributed by atoms with van der Waals surface area (Å²) in [5.41, 5.74) is 1.78. The van der Waals surface area contributed by atoms with E-state index >= 15 is 0 Å². The highest BCUT2D eigenvalue weighted by Crippen LogP contribution is 2.14. The van der Waals surface area contributed by atoms with Gasteiger partial charge in [-0.15, -0.1) is 0 Å². The molecule has 0 saturated carbocycles. The lowest BCUT2D eigenvalue weighted by Crippen LogP contribution is -2.20. The van der Waals surface area contributed by atoms with E-state index in [0.29, 0.717) is 11.6 Å². The van der Waals surface area contributed by atoms with Crippen LogP contribution in [-0.4, -0.2) is 10.9 Å². The Morgan fingerprint density at radius 2 is 2.11 bits per heavy atom. The number of aromatic nitrogens is 1. The van der Waals surface area contributed by atoms with Crippen LogP contribution in [0.15, 0.2) is 54.9 Å². The van der Waals surface area contributed by atoms with Crippen molar-refractivity contribution >= 4 is 23.6 Å². The molecule has 0 atom stereocenters. The third kappa shape index (κ3) is 4.23. The molecule has 1 amide bonds. The van der Waals surface area contributed by atoms with Crippen molar-refractivity contribution in [1.82, 2.24) is 10.3 Å². The van der Waals surface area contributed by atoms with Gasteiger partial charge in [-0.05, 0) is 29.3 Å². The topological polar surface area (TPSA) is 42.0 Å². The normalized spacial score (nSPS) is 10.6. The third-order valence-corrected chi connectivity index (χ3v) is 2.89. The molecule has 0 aliphatic heterocycles. The molecule has 0 aliphatic rings. The van der Waals surface area contributed by atoms with E-state index in [4.69, 9.17) is 11.6 Å². The number of carbonyl (C=O) groups is 1. The van der Waals surface area contributed by atoms with Crippen molar-refractivity contribution in [1.29, 1.82) is 0 Å². The predicted molar refractivity (Wildman–Crippen MR) is 76.6 cm³/mol. The average molecular weight is 273 g/mol. The van der Waals surface area contributed by atoms with Crippen LogP contribution in [0.4, 0.5) is 0 Å². The first-order valence-electron chi connectivity index (χ1n) is 5.85. The summed E-state index contributed by atoms with van der Waals surface area (Å²) in [6.07, 6.45) is 6.58. The fourth-order valence-electron chi connectivity index (χ4n) is 1.53. The first-order chi connectivity index (χ1) is 9.25. The summed E-state index contributed by atoms with van der Waals surface area (Å²) in [5.74, 6) is -0.163. The molecule has 2 rings (SSSR count). The second kappa shape index (κ2) is 6.71. The van der Waals surface area contributed by atoms with Crippen LogP contribution in [0.5, 0.6) is 0 Å². The van der Waals surface area contributed by atoms with Crippen molar-refractivity contribution < 1.29 is 4.79 Å². The van der Waals surface area contributed by atoms with Gasteiger partial charge in [0.1, 0.15) is 0 Å². The number of hydrogen-bond acceptors (Lipinski definition) is 2. The molecule has 0 fully saturated rings. The summed E-state index contributed by atoms with van der Waals surface area (Å²) >= 11 is 6.00. The Balaban J connectivity index is 1.89. The number of nitrogens with zero attached hydrogens (tertiary/aromatic N) is 1. The van der Waals surface area contributed by atoms with E-state index in [-0.39, 0.29) is 5.91 Å². The largest absolute Gasteiger partial charge is 0.348 e. The maximum atomic E-state index is 11.6. The molecular formula is C15H13ClN2O. The van der Waals surface area contributed by atoms with Gasteiger partial charge in [0.2, 0.25) is 5.91 Å². The van der Waals surface area contributed by atoms with Crippen LogP contribution in [0.2, 0.25) is 5.02 Å². The highest BCUT2D eigenvalue weighted by Gasteiger charge is 2.00. The Hall–Kier alpha value is -2.13. The SMILES string of the molecule is O=C(/C=C/c1cccnc1)NCc1ccccc1Cl. The van der Waals surface area contributed by atoms with Crippen molar-refractivity contribution in [3.05, 3.63) is 71.0 Å². The second-order valence-corrected chi connectivity index (χ2v) is 4.34. The minimum Gasteiger partial charge on any atom is -0.348 e. The molecule has 19 heavy (non-hydrogen) atoms. The molecule has 1 N–H and O–H groups in total. The van der Waals surface area contributed by atoms with Gasteiger partial charge in [-0.3, -0.25) is 9.78 Å². The fourth-order valence-corrected chi connectivity index (χ4v) is 1.73. The summed E-state index contributed by atoms with van der Waals surface area (Å²) in [6, 6.07) is 11.1. The zero-order valence-electron chi connectivity index (χ0n) is 10.2. The molecule has 0 bridgehead atoms. The van der Waals surface area contributed by atoms with E-state index in [0.717, 1.165) is 11.1 Å². The average Bonchev–Trinajstić information content (AvgIpc) is 2.45. The van der Waals surface area contributed by atoms with Crippen molar-refractivity contribution in [3.63, 3.8) is 0 Å². The second-order valence-electron chi connectivity index (χ2n) is 3.93. The molecule has 4 heteroatoms. The van der Waals surface area contributed by atoms with E-state index in [2.05, 4.69) is 10.3 Å². The Kier molecular flexibility index (Phi) is 4.70. The van der Waals surface area contributed by atoms with Gasteiger partial charge in [0.15, 0.2) is 0 Å². The number of hydrogen-bond donors (Lipinski definition) is 1. The van der Waals surface area contributed by atoms with Gasteiger partial charge in [-0.1, -0.05) is 35.9 Å². The van der Waals surface area contributed by atoms with Crippen LogP contribution in [0, 0.1) is 0 Å². The number of rotatable bonds is 4. The molecule has 2 aromatic rings. The number of nitrogens with one attached hydrogen (secondary N) is 1. The monoisotopic (exact) mass is 272 g/mol.